The van der Waals surface area contributed by atoms with Gasteiger partial charge in [0.15, 0.2) is 5.82 Å². The number of carbonyl (C=O) groups is 1. The van der Waals surface area contributed by atoms with Crippen LogP contribution in [0.1, 0.15) is 45.9 Å². The molecule has 0 radical (unpaired) electrons. The van der Waals surface area contributed by atoms with Gasteiger partial charge in [-0.3, -0.25) is 9.36 Å². The van der Waals surface area contributed by atoms with E-state index in [0.717, 1.165) is 48.8 Å². The van der Waals surface area contributed by atoms with E-state index in [4.69, 9.17) is 9.78 Å². The summed E-state index contributed by atoms with van der Waals surface area (Å²) < 4.78 is 7.13. The molecule has 154 valence electrons. The number of amides is 1. The first-order valence-electron chi connectivity index (χ1n) is 10.1. The van der Waals surface area contributed by atoms with Crippen molar-refractivity contribution in [1.29, 1.82) is 5.26 Å². The normalized spacial score (nSPS) is 14.5. The highest BCUT2D eigenvalue weighted by Crippen LogP contribution is 2.23. The molecule has 7 heteroatoms. The maximum Gasteiger partial charge on any atom is 0.253 e. The SMILES string of the molecule is Cc1cc(-n2c(C)cc(C(=O)NC3CCN(c4ccc(C#N)cc4)CC3)c2C)no1. The molecule has 3 heterocycles. The van der Waals surface area contributed by atoms with Crippen LogP contribution in [-0.2, 0) is 0 Å². The summed E-state index contributed by atoms with van der Waals surface area (Å²) in [6, 6.07) is 13.7. The molecule has 0 saturated carbocycles. The summed E-state index contributed by atoms with van der Waals surface area (Å²) in [5, 5.41) is 16.2. The van der Waals surface area contributed by atoms with Gasteiger partial charge in [-0.1, -0.05) is 5.16 Å². The lowest BCUT2D eigenvalue weighted by Gasteiger charge is -2.34. The van der Waals surface area contributed by atoms with Crippen molar-refractivity contribution in [2.24, 2.45) is 0 Å². The van der Waals surface area contributed by atoms with Crippen molar-refractivity contribution in [3.8, 4) is 11.9 Å². The van der Waals surface area contributed by atoms with Crippen molar-refractivity contribution in [3.05, 3.63) is 64.7 Å². The van der Waals surface area contributed by atoms with E-state index >= 15 is 0 Å². The van der Waals surface area contributed by atoms with Crippen LogP contribution in [0.25, 0.3) is 5.82 Å². The van der Waals surface area contributed by atoms with Crippen LogP contribution in [-0.4, -0.2) is 34.8 Å². The molecule has 1 aromatic carbocycles. The number of nitrogens with one attached hydrogen (secondary N) is 1. The second-order valence-electron chi connectivity index (χ2n) is 7.81. The van der Waals surface area contributed by atoms with E-state index < -0.39 is 0 Å². The predicted molar refractivity (Wildman–Crippen MR) is 114 cm³/mol. The van der Waals surface area contributed by atoms with Crippen LogP contribution in [0.2, 0.25) is 0 Å². The topological polar surface area (TPSA) is 87.1 Å². The van der Waals surface area contributed by atoms with E-state index in [1.165, 1.54) is 0 Å². The Morgan fingerprint density at radius 1 is 1.17 bits per heavy atom. The minimum absolute atomic E-state index is 0.0496. The van der Waals surface area contributed by atoms with E-state index in [9.17, 15) is 4.79 Å². The second kappa shape index (κ2) is 8.07. The van der Waals surface area contributed by atoms with Gasteiger partial charge in [-0.05, 0) is 63.9 Å². The molecule has 3 aromatic rings. The third-order valence-electron chi connectivity index (χ3n) is 5.71. The molecule has 7 nitrogen and oxygen atoms in total. The lowest BCUT2D eigenvalue weighted by atomic mass is 10.0. The van der Waals surface area contributed by atoms with Crippen LogP contribution in [0, 0.1) is 32.1 Å². The zero-order chi connectivity index (χ0) is 21.3. The van der Waals surface area contributed by atoms with E-state index in [2.05, 4.69) is 21.4 Å². The van der Waals surface area contributed by atoms with Crippen LogP contribution < -0.4 is 10.2 Å². The van der Waals surface area contributed by atoms with Gasteiger partial charge in [0.2, 0.25) is 0 Å². The average Bonchev–Trinajstić information content (AvgIpc) is 3.30. The predicted octanol–water partition coefficient (Wildman–Crippen LogP) is 3.66. The standard InChI is InChI=1S/C23H25N5O2/c1-15-12-21(17(3)28(15)22-13-16(2)30-26-22)23(29)25-19-8-10-27(11-9-19)20-6-4-18(14-24)5-7-20/h4-7,12-13,19H,8-11H2,1-3H3,(H,25,29). The van der Waals surface area contributed by atoms with Crippen LogP contribution in [0.15, 0.2) is 40.9 Å². The number of carbonyl (C=O) groups excluding carboxylic acids is 1. The maximum absolute atomic E-state index is 12.9. The highest BCUT2D eigenvalue weighted by atomic mass is 16.5. The first kappa shape index (κ1) is 19.8. The number of nitriles is 1. The molecule has 1 amide bonds. The first-order valence-corrected chi connectivity index (χ1v) is 10.1. The van der Waals surface area contributed by atoms with E-state index in [-0.39, 0.29) is 11.9 Å². The average molecular weight is 403 g/mol. The molecule has 0 unspecified atom stereocenters. The zero-order valence-electron chi connectivity index (χ0n) is 17.5. The van der Waals surface area contributed by atoms with Gasteiger partial charge in [0, 0.05) is 42.3 Å². The van der Waals surface area contributed by atoms with E-state index in [0.29, 0.717) is 16.9 Å². The number of aryl methyl sites for hydroxylation is 2. The fourth-order valence-electron chi connectivity index (χ4n) is 4.10. The molecule has 30 heavy (non-hydrogen) atoms. The fraction of sp³-hybridized carbons (Fsp3) is 0.348. The monoisotopic (exact) mass is 403 g/mol. The summed E-state index contributed by atoms with van der Waals surface area (Å²) in [7, 11) is 0. The van der Waals surface area contributed by atoms with Gasteiger partial charge in [0.1, 0.15) is 5.76 Å². The number of hydrogen-bond acceptors (Lipinski definition) is 5. The Kier molecular flexibility index (Phi) is 5.32. The van der Waals surface area contributed by atoms with Gasteiger partial charge in [-0.15, -0.1) is 0 Å². The summed E-state index contributed by atoms with van der Waals surface area (Å²) >= 11 is 0. The third kappa shape index (κ3) is 3.81. The highest BCUT2D eigenvalue weighted by molar-refractivity contribution is 5.96. The zero-order valence-corrected chi connectivity index (χ0v) is 17.5. The smallest absolute Gasteiger partial charge is 0.253 e. The van der Waals surface area contributed by atoms with E-state index in [1.807, 2.05) is 61.7 Å². The molecule has 1 fully saturated rings. The van der Waals surface area contributed by atoms with Gasteiger partial charge in [-0.2, -0.15) is 5.26 Å². The lowest BCUT2D eigenvalue weighted by molar-refractivity contribution is 0.0930. The van der Waals surface area contributed by atoms with Gasteiger partial charge >= 0.3 is 0 Å². The third-order valence-corrected chi connectivity index (χ3v) is 5.71. The molecule has 1 aliphatic heterocycles. The lowest BCUT2D eigenvalue weighted by Crippen LogP contribution is -2.44. The molecule has 0 aliphatic carbocycles. The molecule has 2 aromatic heterocycles. The van der Waals surface area contributed by atoms with Crippen LogP contribution in [0.4, 0.5) is 5.69 Å². The number of aromatic nitrogens is 2. The molecular formula is C23H25N5O2. The Morgan fingerprint density at radius 3 is 2.47 bits per heavy atom. The largest absolute Gasteiger partial charge is 0.371 e. The highest BCUT2D eigenvalue weighted by Gasteiger charge is 2.24. The Labute approximate surface area is 175 Å². The van der Waals surface area contributed by atoms with Crippen molar-refractivity contribution < 1.29 is 9.32 Å². The summed E-state index contributed by atoms with van der Waals surface area (Å²) in [5.41, 5.74) is 4.25. The minimum Gasteiger partial charge on any atom is -0.371 e. The molecule has 0 bridgehead atoms. The van der Waals surface area contributed by atoms with Crippen molar-refractivity contribution >= 4 is 11.6 Å². The van der Waals surface area contributed by atoms with Crippen LogP contribution in [0.5, 0.6) is 0 Å². The Morgan fingerprint density at radius 2 is 1.87 bits per heavy atom. The van der Waals surface area contributed by atoms with Crippen LogP contribution in [0.3, 0.4) is 0 Å². The summed E-state index contributed by atoms with van der Waals surface area (Å²) in [4.78, 5) is 15.2. The van der Waals surface area contributed by atoms with Gasteiger partial charge in [0.05, 0.1) is 17.2 Å². The van der Waals surface area contributed by atoms with Gasteiger partial charge < -0.3 is 14.7 Å². The minimum atomic E-state index is -0.0496. The first-order chi connectivity index (χ1) is 14.5. The Bertz CT molecular complexity index is 1100. The molecule has 0 atom stereocenters. The molecule has 1 saturated heterocycles. The molecular weight excluding hydrogens is 378 g/mol. The Balaban J connectivity index is 1.40. The van der Waals surface area contributed by atoms with Crippen molar-refractivity contribution in [2.75, 3.05) is 18.0 Å². The van der Waals surface area contributed by atoms with Gasteiger partial charge in [-0.25, -0.2) is 0 Å². The number of rotatable bonds is 4. The molecule has 1 aliphatic rings. The quantitative estimate of drug-likeness (QED) is 0.718. The maximum atomic E-state index is 12.9. The molecule has 1 N–H and O–H groups in total. The number of piperidine rings is 1. The number of hydrogen-bond donors (Lipinski definition) is 1. The number of benzene rings is 1. The fourth-order valence-corrected chi connectivity index (χ4v) is 4.10. The molecule has 4 rings (SSSR count). The summed E-state index contributed by atoms with van der Waals surface area (Å²) in [5.74, 6) is 1.38. The van der Waals surface area contributed by atoms with E-state index in [1.54, 1.807) is 0 Å². The number of anilines is 1. The van der Waals surface area contributed by atoms with Crippen molar-refractivity contribution in [3.63, 3.8) is 0 Å². The second-order valence-corrected chi connectivity index (χ2v) is 7.81. The van der Waals surface area contributed by atoms with Crippen molar-refractivity contribution in [2.45, 2.75) is 39.7 Å². The Hall–Kier alpha value is -3.53. The van der Waals surface area contributed by atoms with Gasteiger partial charge in [0.25, 0.3) is 5.91 Å². The summed E-state index contributed by atoms with van der Waals surface area (Å²) in [6.07, 6.45) is 1.76. The van der Waals surface area contributed by atoms with Crippen molar-refractivity contribution in [1.82, 2.24) is 15.0 Å². The van der Waals surface area contributed by atoms with Crippen LogP contribution >= 0.6 is 0 Å². The molecule has 0 spiro atoms. The number of nitrogens with zero attached hydrogens (tertiary/aromatic N) is 4. The summed E-state index contributed by atoms with van der Waals surface area (Å²) in [6.45, 7) is 7.48.